The van der Waals surface area contributed by atoms with Crippen molar-refractivity contribution in [1.82, 2.24) is 10.3 Å². The number of rotatable bonds is 6. The number of nitrogens with zero attached hydrogens (tertiary/aromatic N) is 2. The van der Waals surface area contributed by atoms with Crippen molar-refractivity contribution in [2.75, 3.05) is 12.1 Å². The lowest BCUT2D eigenvalue weighted by Crippen LogP contribution is -2.51. The molecule has 144 valence electrons. The summed E-state index contributed by atoms with van der Waals surface area (Å²) in [4.78, 5) is 38.9. The third-order valence-electron chi connectivity index (χ3n) is 5.20. The zero-order valence-electron chi connectivity index (χ0n) is 15.4. The maximum atomic E-state index is 13.2. The maximum absolute atomic E-state index is 13.2. The molecule has 0 saturated heterocycles. The summed E-state index contributed by atoms with van der Waals surface area (Å²) in [6.45, 7) is 0. The van der Waals surface area contributed by atoms with Crippen LogP contribution >= 0.6 is 0 Å². The molecule has 0 spiro atoms. The van der Waals surface area contributed by atoms with Gasteiger partial charge in [-0.1, -0.05) is 37.5 Å². The van der Waals surface area contributed by atoms with Crippen molar-refractivity contribution in [2.24, 2.45) is 11.5 Å². The fraction of sp³-hybridized carbons (Fsp3) is 0.421. The van der Waals surface area contributed by atoms with Gasteiger partial charge >= 0.3 is 0 Å². The van der Waals surface area contributed by atoms with Gasteiger partial charge in [0.25, 0.3) is 5.91 Å². The Morgan fingerprint density at radius 2 is 1.74 bits per heavy atom. The summed E-state index contributed by atoms with van der Waals surface area (Å²) in [7, 11) is 1.72. The van der Waals surface area contributed by atoms with Crippen LogP contribution in [-0.4, -0.2) is 41.8 Å². The average Bonchev–Trinajstić information content (AvgIpc) is 2.96. The van der Waals surface area contributed by atoms with Crippen molar-refractivity contribution in [2.45, 2.75) is 44.2 Å². The average molecular weight is 371 g/mol. The Morgan fingerprint density at radius 3 is 2.30 bits per heavy atom. The number of hydrogen-bond acceptors (Lipinski definition) is 5. The number of para-hydroxylation sites is 1. The molecule has 2 aliphatic rings. The summed E-state index contributed by atoms with van der Waals surface area (Å²) in [5, 5.41) is 1.61. The molecule has 3 amide bonds. The van der Waals surface area contributed by atoms with E-state index in [1.54, 1.807) is 12.1 Å². The second kappa shape index (κ2) is 7.69. The molecule has 0 aromatic heterocycles. The van der Waals surface area contributed by atoms with Gasteiger partial charge in [-0.15, -0.1) is 0 Å². The number of primary amides is 2. The van der Waals surface area contributed by atoms with Crippen molar-refractivity contribution >= 4 is 23.4 Å². The van der Waals surface area contributed by atoms with Crippen molar-refractivity contribution in [3.8, 4) is 0 Å². The standard InChI is InChI=1S/C19H25N5O3/c1-23(12-8-4-2-5-9-12)22-15-14(17(20)25)16(18(21)26)24(19(15)27)13-10-6-3-7-11-13/h2,4-5,8-9,13,16,22H,3,6-7,10-11H2,1H3,(H2,20,25)(H2,21,26). The molecule has 5 N–H and O–H groups in total. The van der Waals surface area contributed by atoms with Crippen LogP contribution in [0.2, 0.25) is 0 Å². The van der Waals surface area contributed by atoms with Gasteiger partial charge in [-0.05, 0) is 25.0 Å². The van der Waals surface area contributed by atoms with Crippen LogP contribution in [0.15, 0.2) is 41.6 Å². The van der Waals surface area contributed by atoms with Gasteiger partial charge in [0.15, 0.2) is 0 Å². The largest absolute Gasteiger partial charge is 0.368 e. The zero-order chi connectivity index (χ0) is 19.6. The molecule has 8 nitrogen and oxygen atoms in total. The monoisotopic (exact) mass is 371 g/mol. The molecule has 1 aliphatic heterocycles. The highest BCUT2D eigenvalue weighted by atomic mass is 16.2. The Kier molecular flexibility index (Phi) is 5.34. The van der Waals surface area contributed by atoms with E-state index in [4.69, 9.17) is 11.5 Å². The predicted molar refractivity (Wildman–Crippen MR) is 101 cm³/mol. The van der Waals surface area contributed by atoms with Crippen LogP contribution in [0.3, 0.4) is 0 Å². The van der Waals surface area contributed by atoms with Crippen molar-refractivity contribution < 1.29 is 14.4 Å². The minimum absolute atomic E-state index is 0.0169. The topological polar surface area (TPSA) is 122 Å². The number of amides is 3. The van der Waals surface area contributed by atoms with Crippen LogP contribution in [0.1, 0.15) is 32.1 Å². The minimum atomic E-state index is -1.13. The number of benzene rings is 1. The molecule has 3 rings (SSSR count). The SMILES string of the molecule is CN(NC1=C(C(N)=O)C(C(N)=O)N(C2CCCCC2)C1=O)c1ccccc1. The molecule has 1 unspecified atom stereocenters. The van der Waals surface area contributed by atoms with Gasteiger partial charge in [0.2, 0.25) is 11.8 Å². The van der Waals surface area contributed by atoms with Gasteiger partial charge in [-0.2, -0.15) is 0 Å². The number of nitrogens with two attached hydrogens (primary N) is 2. The molecule has 8 heteroatoms. The molecule has 27 heavy (non-hydrogen) atoms. The first-order chi connectivity index (χ1) is 12.9. The van der Waals surface area contributed by atoms with Crippen molar-refractivity contribution in [1.29, 1.82) is 0 Å². The number of hydrazine groups is 1. The van der Waals surface area contributed by atoms with E-state index in [2.05, 4.69) is 5.43 Å². The predicted octanol–water partition coefficient (Wildman–Crippen LogP) is 0.396. The lowest BCUT2D eigenvalue weighted by atomic mass is 9.93. The Morgan fingerprint density at radius 1 is 1.11 bits per heavy atom. The molecule has 1 aromatic carbocycles. The van der Waals surface area contributed by atoms with Gasteiger partial charge in [0, 0.05) is 13.1 Å². The van der Waals surface area contributed by atoms with E-state index in [0.29, 0.717) is 0 Å². The number of nitrogens with one attached hydrogen (secondary N) is 1. The Bertz CT molecular complexity index is 771. The molecule has 1 heterocycles. The van der Waals surface area contributed by atoms with Crippen LogP contribution in [-0.2, 0) is 14.4 Å². The van der Waals surface area contributed by atoms with E-state index in [1.165, 1.54) is 4.90 Å². The second-order valence-electron chi connectivity index (χ2n) is 6.97. The number of carbonyl (C=O) groups excluding carboxylic acids is 3. The summed E-state index contributed by atoms with van der Waals surface area (Å²) >= 11 is 0. The highest BCUT2D eigenvalue weighted by molar-refractivity contribution is 6.14. The summed E-state index contributed by atoms with van der Waals surface area (Å²) < 4.78 is 0. The third-order valence-corrected chi connectivity index (χ3v) is 5.20. The Hall–Kier alpha value is -3.03. The summed E-state index contributed by atoms with van der Waals surface area (Å²) in [6.07, 6.45) is 4.60. The normalized spacial score (nSPS) is 20.7. The molecule has 0 radical (unpaired) electrons. The van der Waals surface area contributed by atoms with E-state index < -0.39 is 23.8 Å². The molecular weight excluding hydrogens is 346 g/mol. The first-order valence-corrected chi connectivity index (χ1v) is 9.13. The minimum Gasteiger partial charge on any atom is -0.368 e. The first-order valence-electron chi connectivity index (χ1n) is 9.13. The number of anilines is 1. The first kappa shape index (κ1) is 18.8. The quantitative estimate of drug-likeness (QED) is 0.625. The van der Waals surface area contributed by atoms with Gasteiger partial charge in [-0.3, -0.25) is 24.8 Å². The fourth-order valence-electron chi connectivity index (χ4n) is 3.90. The molecule has 1 atom stereocenters. The lowest BCUT2D eigenvalue weighted by Gasteiger charge is -2.35. The smallest absolute Gasteiger partial charge is 0.273 e. The Balaban J connectivity index is 1.96. The fourth-order valence-corrected chi connectivity index (χ4v) is 3.90. The van der Waals surface area contributed by atoms with Crippen molar-refractivity contribution in [3.63, 3.8) is 0 Å². The van der Waals surface area contributed by atoms with E-state index in [1.807, 2.05) is 30.3 Å². The van der Waals surface area contributed by atoms with Crippen LogP contribution in [0.5, 0.6) is 0 Å². The highest BCUT2D eigenvalue weighted by Crippen LogP contribution is 2.33. The van der Waals surface area contributed by atoms with E-state index in [-0.39, 0.29) is 17.3 Å². The summed E-state index contributed by atoms with van der Waals surface area (Å²) in [6, 6.07) is 8.02. The molecule has 1 saturated carbocycles. The molecule has 1 aliphatic carbocycles. The van der Waals surface area contributed by atoms with Crippen molar-refractivity contribution in [3.05, 3.63) is 41.6 Å². The van der Waals surface area contributed by atoms with Crippen LogP contribution in [0.4, 0.5) is 5.69 Å². The van der Waals surface area contributed by atoms with Gasteiger partial charge in [0.1, 0.15) is 11.7 Å². The molecule has 1 fully saturated rings. The van der Waals surface area contributed by atoms with E-state index >= 15 is 0 Å². The van der Waals surface area contributed by atoms with Gasteiger partial charge < -0.3 is 16.4 Å². The zero-order valence-corrected chi connectivity index (χ0v) is 15.4. The van der Waals surface area contributed by atoms with E-state index in [9.17, 15) is 14.4 Å². The van der Waals surface area contributed by atoms with Gasteiger partial charge in [-0.25, -0.2) is 0 Å². The van der Waals surface area contributed by atoms with Crippen LogP contribution < -0.4 is 21.9 Å². The third kappa shape index (κ3) is 3.60. The molecule has 0 bridgehead atoms. The molecule has 1 aromatic rings. The maximum Gasteiger partial charge on any atom is 0.273 e. The Labute approximate surface area is 158 Å². The summed E-state index contributed by atoms with van der Waals surface area (Å²) in [5.41, 5.74) is 14.8. The van der Waals surface area contributed by atoms with E-state index in [0.717, 1.165) is 37.8 Å². The lowest BCUT2D eigenvalue weighted by molar-refractivity contribution is -0.136. The molecular formula is C19H25N5O3. The van der Waals surface area contributed by atoms with Crippen LogP contribution in [0, 0.1) is 0 Å². The number of hydrogen-bond donors (Lipinski definition) is 3. The van der Waals surface area contributed by atoms with Gasteiger partial charge in [0.05, 0.1) is 11.3 Å². The van der Waals surface area contributed by atoms with Crippen LogP contribution in [0.25, 0.3) is 0 Å². The second-order valence-corrected chi connectivity index (χ2v) is 6.97. The number of carbonyl (C=O) groups is 3. The highest BCUT2D eigenvalue weighted by Gasteiger charge is 2.48. The summed E-state index contributed by atoms with van der Waals surface area (Å²) in [5.74, 6) is -1.99.